The number of ether oxygens (including phenoxy) is 1. The number of carbonyl (C=O) groups is 1. The Morgan fingerprint density at radius 1 is 1.10 bits per heavy atom. The predicted octanol–water partition coefficient (Wildman–Crippen LogP) is 4.10. The fourth-order valence-electron chi connectivity index (χ4n) is 2.02. The number of aryl methyl sites for hydroxylation is 1. The lowest BCUT2D eigenvalue weighted by molar-refractivity contribution is 0.0499. The van der Waals surface area contributed by atoms with E-state index in [4.69, 9.17) is 22.1 Å². The van der Waals surface area contributed by atoms with Crippen LogP contribution in [-0.2, 0) is 11.2 Å². The highest BCUT2D eigenvalue weighted by molar-refractivity contribution is 6.33. The van der Waals surface area contributed by atoms with Crippen LogP contribution < -0.4 is 5.73 Å². The first-order valence-electron chi connectivity index (χ1n) is 6.93. The minimum absolute atomic E-state index is 0.319. The van der Waals surface area contributed by atoms with Crippen molar-refractivity contribution in [3.63, 3.8) is 0 Å². The van der Waals surface area contributed by atoms with Crippen molar-refractivity contribution in [3.8, 4) is 0 Å². The zero-order valence-electron chi connectivity index (χ0n) is 11.7. The van der Waals surface area contributed by atoms with Crippen LogP contribution in [0.1, 0.15) is 28.8 Å². The summed E-state index contributed by atoms with van der Waals surface area (Å²) in [7, 11) is 0. The molecule has 3 nitrogen and oxygen atoms in total. The lowest BCUT2D eigenvalue weighted by Crippen LogP contribution is -2.08. The maximum atomic E-state index is 11.9. The molecule has 0 radical (unpaired) electrons. The topological polar surface area (TPSA) is 52.3 Å². The second-order valence-corrected chi connectivity index (χ2v) is 5.23. The van der Waals surface area contributed by atoms with Gasteiger partial charge in [-0.2, -0.15) is 0 Å². The SMILES string of the molecule is Nc1ccc(Cl)c(C(=O)OCCCCc2ccccc2)c1. The molecule has 0 aliphatic rings. The van der Waals surface area contributed by atoms with Crippen LogP contribution in [0.4, 0.5) is 5.69 Å². The number of anilines is 1. The molecule has 0 unspecified atom stereocenters. The van der Waals surface area contributed by atoms with Gasteiger partial charge in [0.05, 0.1) is 17.2 Å². The summed E-state index contributed by atoms with van der Waals surface area (Å²) in [5.41, 5.74) is 7.75. The number of hydrogen-bond acceptors (Lipinski definition) is 3. The Balaban J connectivity index is 1.73. The lowest BCUT2D eigenvalue weighted by Gasteiger charge is -2.07. The van der Waals surface area contributed by atoms with Crippen molar-refractivity contribution >= 4 is 23.3 Å². The van der Waals surface area contributed by atoms with Gasteiger partial charge in [0.25, 0.3) is 0 Å². The maximum Gasteiger partial charge on any atom is 0.339 e. The van der Waals surface area contributed by atoms with Gasteiger partial charge in [-0.3, -0.25) is 0 Å². The molecular weight excluding hydrogens is 286 g/mol. The first kappa shape index (κ1) is 15.4. The van der Waals surface area contributed by atoms with E-state index < -0.39 is 5.97 Å². The van der Waals surface area contributed by atoms with Crippen molar-refractivity contribution in [2.45, 2.75) is 19.3 Å². The Bertz CT molecular complexity index is 599. The van der Waals surface area contributed by atoms with Crippen molar-refractivity contribution in [2.75, 3.05) is 12.3 Å². The number of carbonyl (C=O) groups excluding carboxylic acids is 1. The van der Waals surface area contributed by atoms with E-state index in [0.29, 0.717) is 22.9 Å². The van der Waals surface area contributed by atoms with E-state index >= 15 is 0 Å². The second kappa shape index (κ2) is 7.70. The van der Waals surface area contributed by atoms with E-state index in [9.17, 15) is 4.79 Å². The van der Waals surface area contributed by atoms with Crippen LogP contribution in [0.15, 0.2) is 48.5 Å². The highest BCUT2D eigenvalue weighted by Gasteiger charge is 2.11. The summed E-state index contributed by atoms with van der Waals surface area (Å²) in [5.74, 6) is -0.424. The lowest BCUT2D eigenvalue weighted by atomic mass is 10.1. The summed E-state index contributed by atoms with van der Waals surface area (Å²) in [6, 6.07) is 15.0. The monoisotopic (exact) mass is 303 g/mol. The Morgan fingerprint density at radius 2 is 1.86 bits per heavy atom. The number of rotatable bonds is 6. The van der Waals surface area contributed by atoms with Crippen LogP contribution in [0, 0.1) is 0 Å². The second-order valence-electron chi connectivity index (χ2n) is 4.82. The van der Waals surface area contributed by atoms with Crippen LogP contribution in [0.5, 0.6) is 0 Å². The van der Waals surface area contributed by atoms with Gasteiger partial charge in [0.2, 0.25) is 0 Å². The molecule has 21 heavy (non-hydrogen) atoms. The standard InChI is InChI=1S/C17H18ClNO2/c18-16-10-9-14(19)12-15(16)17(20)21-11-5-4-8-13-6-2-1-3-7-13/h1-3,6-7,9-10,12H,4-5,8,11,19H2. The van der Waals surface area contributed by atoms with Crippen molar-refractivity contribution < 1.29 is 9.53 Å². The average Bonchev–Trinajstić information content (AvgIpc) is 2.50. The molecule has 110 valence electrons. The van der Waals surface area contributed by atoms with Gasteiger partial charge >= 0.3 is 5.97 Å². The first-order valence-corrected chi connectivity index (χ1v) is 7.30. The summed E-state index contributed by atoms with van der Waals surface area (Å²) in [6.07, 6.45) is 2.78. The highest BCUT2D eigenvalue weighted by atomic mass is 35.5. The summed E-state index contributed by atoms with van der Waals surface area (Å²) in [6.45, 7) is 0.386. The molecule has 0 heterocycles. The van der Waals surface area contributed by atoms with E-state index in [2.05, 4.69) is 12.1 Å². The molecule has 2 aromatic rings. The minimum Gasteiger partial charge on any atom is -0.462 e. The quantitative estimate of drug-likeness (QED) is 0.496. The number of halogens is 1. The van der Waals surface area contributed by atoms with Crippen LogP contribution in [0.3, 0.4) is 0 Å². The van der Waals surface area contributed by atoms with Gasteiger partial charge in [0.15, 0.2) is 0 Å². The number of benzene rings is 2. The van der Waals surface area contributed by atoms with Gasteiger partial charge in [-0.25, -0.2) is 4.79 Å². The molecule has 2 N–H and O–H groups in total. The molecule has 0 aliphatic carbocycles. The zero-order valence-corrected chi connectivity index (χ0v) is 12.5. The Morgan fingerprint density at radius 3 is 2.62 bits per heavy atom. The first-order chi connectivity index (χ1) is 10.2. The largest absolute Gasteiger partial charge is 0.462 e. The molecule has 0 spiro atoms. The number of esters is 1. The van der Waals surface area contributed by atoms with Crippen LogP contribution >= 0.6 is 11.6 Å². The van der Waals surface area contributed by atoms with Gasteiger partial charge in [-0.15, -0.1) is 0 Å². The Kier molecular flexibility index (Phi) is 5.64. The number of nitrogens with two attached hydrogens (primary N) is 1. The number of unbranched alkanes of at least 4 members (excludes halogenated alkanes) is 1. The van der Waals surface area contributed by atoms with Gasteiger partial charge < -0.3 is 10.5 Å². The van der Waals surface area contributed by atoms with E-state index in [0.717, 1.165) is 19.3 Å². The molecule has 0 fully saturated rings. The van der Waals surface area contributed by atoms with Crippen molar-refractivity contribution in [3.05, 3.63) is 64.7 Å². The fraction of sp³-hybridized carbons (Fsp3) is 0.235. The third kappa shape index (κ3) is 4.80. The van der Waals surface area contributed by atoms with Crippen molar-refractivity contribution in [2.24, 2.45) is 0 Å². The van der Waals surface area contributed by atoms with E-state index in [1.807, 2.05) is 18.2 Å². The zero-order chi connectivity index (χ0) is 15.1. The molecule has 2 aromatic carbocycles. The third-order valence-electron chi connectivity index (χ3n) is 3.15. The number of hydrogen-bond donors (Lipinski definition) is 1. The Labute approximate surface area is 129 Å². The molecule has 0 amide bonds. The number of nitrogen functional groups attached to an aromatic ring is 1. The van der Waals surface area contributed by atoms with Gasteiger partial charge in [0.1, 0.15) is 0 Å². The van der Waals surface area contributed by atoms with Crippen LogP contribution in [-0.4, -0.2) is 12.6 Å². The van der Waals surface area contributed by atoms with E-state index in [-0.39, 0.29) is 0 Å². The third-order valence-corrected chi connectivity index (χ3v) is 3.48. The molecule has 0 aliphatic heterocycles. The molecule has 0 bridgehead atoms. The van der Waals surface area contributed by atoms with E-state index in [1.54, 1.807) is 12.1 Å². The Hall–Kier alpha value is -2.00. The summed E-state index contributed by atoms with van der Waals surface area (Å²) >= 11 is 5.95. The van der Waals surface area contributed by atoms with Gasteiger partial charge in [-0.05, 0) is 43.0 Å². The van der Waals surface area contributed by atoms with Crippen molar-refractivity contribution in [1.82, 2.24) is 0 Å². The van der Waals surface area contributed by atoms with Gasteiger partial charge in [0, 0.05) is 5.69 Å². The molecule has 2 rings (SSSR count). The molecule has 0 saturated heterocycles. The van der Waals surface area contributed by atoms with E-state index in [1.165, 1.54) is 11.6 Å². The summed E-state index contributed by atoms with van der Waals surface area (Å²) in [4.78, 5) is 11.9. The molecular formula is C17H18ClNO2. The average molecular weight is 304 g/mol. The molecule has 0 aromatic heterocycles. The summed E-state index contributed by atoms with van der Waals surface area (Å²) in [5, 5.41) is 0.360. The highest BCUT2D eigenvalue weighted by Crippen LogP contribution is 2.19. The smallest absolute Gasteiger partial charge is 0.339 e. The van der Waals surface area contributed by atoms with Crippen LogP contribution in [0.2, 0.25) is 5.02 Å². The molecule has 0 atom stereocenters. The summed E-state index contributed by atoms with van der Waals surface area (Å²) < 4.78 is 5.22. The maximum absolute atomic E-state index is 11.9. The predicted molar refractivity (Wildman–Crippen MR) is 85.5 cm³/mol. The normalized spacial score (nSPS) is 10.3. The molecule has 0 saturated carbocycles. The van der Waals surface area contributed by atoms with Crippen LogP contribution in [0.25, 0.3) is 0 Å². The fourth-order valence-corrected chi connectivity index (χ4v) is 2.21. The minimum atomic E-state index is -0.424. The van der Waals surface area contributed by atoms with Crippen molar-refractivity contribution in [1.29, 1.82) is 0 Å². The molecule has 4 heteroatoms. The van der Waals surface area contributed by atoms with Gasteiger partial charge in [-0.1, -0.05) is 41.9 Å².